The van der Waals surface area contributed by atoms with Crippen molar-refractivity contribution >= 4 is 11.0 Å². The lowest BCUT2D eigenvalue weighted by Gasteiger charge is -2.30. The van der Waals surface area contributed by atoms with Crippen LogP contribution in [0.2, 0.25) is 0 Å². The van der Waals surface area contributed by atoms with Crippen LogP contribution in [-0.4, -0.2) is 45.1 Å². The van der Waals surface area contributed by atoms with E-state index in [1.807, 2.05) is 30.3 Å². The number of aryl methyl sites for hydroxylation is 1. The molecule has 1 aromatic heterocycles. The van der Waals surface area contributed by atoms with E-state index in [1.165, 1.54) is 11.1 Å². The van der Waals surface area contributed by atoms with Crippen LogP contribution in [0.25, 0.3) is 16.7 Å². The molecule has 0 amide bonds. The summed E-state index contributed by atoms with van der Waals surface area (Å²) in [5, 5.41) is 9.42. The Morgan fingerprint density at radius 1 is 0.969 bits per heavy atom. The van der Waals surface area contributed by atoms with Gasteiger partial charge in [0.15, 0.2) is 0 Å². The zero-order valence-corrected chi connectivity index (χ0v) is 18.2. The van der Waals surface area contributed by atoms with Gasteiger partial charge in [0, 0.05) is 19.1 Å². The van der Waals surface area contributed by atoms with Crippen molar-refractivity contribution in [3.63, 3.8) is 0 Å². The van der Waals surface area contributed by atoms with Gasteiger partial charge in [-0.15, -0.1) is 15.0 Å². The Balaban J connectivity index is 1.40. The van der Waals surface area contributed by atoms with Crippen LogP contribution < -0.4 is 10.5 Å². The summed E-state index contributed by atoms with van der Waals surface area (Å²) in [6.45, 7) is 4.02. The summed E-state index contributed by atoms with van der Waals surface area (Å²) in [6.07, 6.45) is 1.97. The van der Waals surface area contributed by atoms with E-state index >= 15 is 0 Å². The second-order valence-corrected chi connectivity index (χ2v) is 9.00. The van der Waals surface area contributed by atoms with Crippen molar-refractivity contribution in [2.24, 2.45) is 5.73 Å². The third-order valence-corrected chi connectivity index (χ3v) is 6.74. The van der Waals surface area contributed by atoms with Crippen LogP contribution in [0.3, 0.4) is 0 Å². The van der Waals surface area contributed by atoms with Gasteiger partial charge in [0.2, 0.25) is 0 Å². The van der Waals surface area contributed by atoms with Crippen molar-refractivity contribution in [3.8, 4) is 11.4 Å². The second-order valence-electron chi connectivity index (χ2n) is 9.00. The van der Waals surface area contributed by atoms with E-state index in [1.54, 1.807) is 4.80 Å². The monoisotopic (exact) mass is 425 g/mol. The average Bonchev–Trinajstić information content (AvgIpc) is 3.51. The maximum absolute atomic E-state index is 6.82. The molecule has 162 valence electrons. The number of hydrogen-bond acceptors (Lipinski definition) is 5. The number of nitrogens with zero attached hydrogens (tertiary/aromatic N) is 4. The molecule has 6 nitrogen and oxygen atoms in total. The Morgan fingerprint density at radius 2 is 1.72 bits per heavy atom. The summed E-state index contributed by atoms with van der Waals surface area (Å²) in [6, 6.07) is 23.3. The summed E-state index contributed by atoms with van der Waals surface area (Å²) < 4.78 is 6.82. The minimum Gasteiger partial charge on any atom is -0.482 e. The van der Waals surface area contributed by atoms with Gasteiger partial charge in [-0.2, -0.15) is 0 Å². The fourth-order valence-corrected chi connectivity index (χ4v) is 5.10. The molecule has 6 rings (SSSR count). The fourth-order valence-electron chi connectivity index (χ4n) is 5.10. The van der Waals surface area contributed by atoms with Gasteiger partial charge >= 0.3 is 0 Å². The maximum atomic E-state index is 6.82. The molecule has 3 atom stereocenters. The lowest BCUT2D eigenvalue weighted by molar-refractivity contribution is 0.0930. The number of nitrogens with two attached hydrogens (primary N) is 1. The summed E-state index contributed by atoms with van der Waals surface area (Å²) in [5.74, 6) is 0.797. The lowest BCUT2D eigenvalue weighted by Crippen LogP contribution is -2.40. The molecule has 0 radical (unpaired) electrons. The van der Waals surface area contributed by atoms with Gasteiger partial charge in [0.1, 0.15) is 28.6 Å². The first-order chi connectivity index (χ1) is 15.7. The average molecular weight is 426 g/mol. The Labute approximate surface area is 187 Å². The molecule has 3 aromatic carbocycles. The van der Waals surface area contributed by atoms with Crippen molar-refractivity contribution in [2.45, 2.75) is 38.0 Å². The zero-order valence-electron chi connectivity index (χ0n) is 18.2. The SMILES string of the molecule is Cc1ccc(O[C@H]2c3ccccc3C[C@H]2N2CC[C@@H](N)C2)c(-n2nc3ccccc3n2)c1. The van der Waals surface area contributed by atoms with Crippen LogP contribution in [0.15, 0.2) is 66.7 Å². The zero-order chi connectivity index (χ0) is 21.7. The van der Waals surface area contributed by atoms with Crippen molar-refractivity contribution in [1.29, 1.82) is 0 Å². The minimum absolute atomic E-state index is 0.0528. The molecule has 1 aliphatic heterocycles. The number of ether oxygens (including phenoxy) is 1. The van der Waals surface area contributed by atoms with Crippen molar-refractivity contribution < 1.29 is 4.74 Å². The molecule has 0 saturated carbocycles. The quantitative estimate of drug-likeness (QED) is 0.539. The number of fused-ring (bicyclic) bond motifs is 2. The Bertz CT molecular complexity index is 1250. The smallest absolute Gasteiger partial charge is 0.147 e. The highest BCUT2D eigenvalue weighted by Gasteiger charge is 2.40. The third kappa shape index (κ3) is 3.36. The summed E-state index contributed by atoms with van der Waals surface area (Å²) >= 11 is 0. The number of likely N-dealkylation sites (tertiary alicyclic amines) is 1. The van der Waals surface area contributed by atoms with Gasteiger partial charge in [-0.05, 0) is 60.7 Å². The molecule has 6 heteroatoms. The van der Waals surface area contributed by atoms with Crippen LogP contribution in [0.5, 0.6) is 5.75 Å². The van der Waals surface area contributed by atoms with Crippen molar-refractivity contribution in [3.05, 3.63) is 83.4 Å². The van der Waals surface area contributed by atoms with Gasteiger partial charge < -0.3 is 10.5 Å². The molecule has 0 unspecified atom stereocenters. The standard InChI is InChI=1S/C26H27N5O/c1-17-10-11-25(23(14-17)31-28-21-8-4-5-9-22(21)29-31)32-26-20-7-3-2-6-18(20)15-24(26)30-13-12-19(27)16-30/h2-11,14,19,24,26H,12-13,15-16,27H2,1H3/t19-,24-,26+/m1/s1. The molecule has 0 spiro atoms. The maximum Gasteiger partial charge on any atom is 0.147 e. The minimum atomic E-state index is -0.0528. The molecule has 4 aromatic rings. The van der Waals surface area contributed by atoms with Crippen LogP contribution in [0.1, 0.15) is 29.2 Å². The highest BCUT2D eigenvalue weighted by molar-refractivity contribution is 5.73. The first-order valence-corrected chi connectivity index (χ1v) is 11.3. The summed E-state index contributed by atoms with van der Waals surface area (Å²) in [4.78, 5) is 4.21. The Hall–Kier alpha value is -3.22. The predicted octanol–water partition coefficient (Wildman–Crippen LogP) is 3.81. The van der Waals surface area contributed by atoms with Gasteiger partial charge in [-0.1, -0.05) is 42.5 Å². The molecule has 2 N–H and O–H groups in total. The molecule has 0 bridgehead atoms. The van der Waals surface area contributed by atoms with Crippen LogP contribution in [-0.2, 0) is 6.42 Å². The fraction of sp³-hybridized carbons (Fsp3) is 0.308. The van der Waals surface area contributed by atoms with Crippen molar-refractivity contribution in [1.82, 2.24) is 19.9 Å². The van der Waals surface area contributed by atoms with E-state index in [0.29, 0.717) is 0 Å². The molecule has 2 aliphatic rings. The van der Waals surface area contributed by atoms with E-state index in [2.05, 4.69) is 48.2 Å². The number of hydrogen-bond donors (Lipinski definition) is 1. The molecular weight excluding hydrogens is 398 g/mol. The molecule has 1 aliphatic carbocycles. The van der Waals surface area contributed by atoms with Crippen LogP contribution >= 0.6 is 0 Å². The highest BCUT2D eigenvalue weighted by atomic mass is 16.5. The molecule has 32 heavy (non-hydrogen) atoms. The number of aromatic nitrogens is 3. The predicted molar refractivity (Wildman–Crippen MR) is 125 cm³/mol. The molecule has 1 fully saturated rings. The van der Waals surface area contributed by atoms with E-state index in [4.69, 9.17) is 20.7 Å². The van der Waals surface area contributed by atoms with Gasteiger partial charge in [-0.3, -0.25) is 4.90 Å². The lowest BCUT2D eigenvalue weighted by atomic mass is 10.1. The van der Waals surface area contributed by atoms with E-state index in [-0.39, 0.29) is 18.2 Å². The van der Waals surface area contributed by atoms with Gasteiger partial charge in [-0.25, -0.2) is 0 Å². The second kappa shape index (κ2) is 7.73. The molecular formula is C26H27N5O. The van der Waals surface area contributed by atoms with Crippen LogP contribution in [0.4, 0.5) is 0 Å². The number of benzene rings is 3. The summed E-state index contributed by atoms with van der Waals surface area (Å²) in [7, 11) is 0. The Kier molecular flexibility index (Phi) is 4.70. The Morgan fingerprint density at radius 3 is 2.47 bits per heavy atom. The first-order valence-electron chi connectivity index (χ1n) is 11.3. The highest BCUT2D eigenvalue weighted by Crippen LogP contribution is 2.40. The largest absolute Gasteiger partial charge is 0.482 e. The number of rotatable bonds is 4. The molecule has 1 saturated heterocycles. The first kappa shape index (κ1) is 19.5. The summed E-state index contributed by atoms with van der Waals surface area (Å²) in [5.41, 5.74) is 12.6. The van der Waals surface area contributed by atoms with Gasteiger partial charge in [0.05, 0.1) is 6.04 Å². The third-order valence-electron chi connectivity index (χ3n) is 6.74. The van der Waals surface area contributed by atoms with Crippen LogP contribution in [0, 0.1) is 6.92 Å². The van der Waals surface area contributed by atoms with E-state index in [9.17, 15) is 0 Å². The molecule has 2 heterocycles. The van der Waals surface area contributed by atoms with Gasteiger partial charge in [0.25, 0.3) is 0 Å². The van der Waals surface area contributed by atoms with Crippen molar-refractivity contribution in [2.75, 3.05) is 13.1 Å². The van der Waals surface area contributed by atoms with E-state index < -0.39 is 0 Å². The van der Waals surface area contributed by atoms with E-state index in [0.717, 1.165) is 54.0 Å². The normalized spacial score (nSPS) is 23.0. The topological polar surface area (TPSA) is 69.2 Å².